The third-order valence-corrected chi connectivity index (χ3v) is 3.95. The fraction of sp³-hybridized carbons (Fsp3) is 0.692. The lowest BCUT2D eigenvalue weighted by atomic mass is 10.1. The number of anilines is 1. The molecular weight excluding hydrogens is 248 g/mol. The van der Waals surface area contributed by atoms with Gasteiger partial charge in [-0.1, -0.05) is 24.9 Å². The molecule has 0 spiro atoms. The van der Waals surface area contributed by atoms with Gasteiger partial charge in [0.05, 0.1) is 0 Å². The van der Waals surface area contributed by atoms with Gasteiger partial charge in [-0.05, 0) is 20.4 Å². The van der Waals surface area contributed by atoms with Crippen LogP contribution >= 0.6 is 11.6 Å². The summed E-state index contributed by atoms with van der Waals surface area (Å²) in [5, 5.41) is 0.605. The summed E-state index contributed by atoms with van der Waals surface area (Å²) < 4.78 is 0. The summed E-state index contributed by atoms with van der Waals surface area (Å²) in [5.41, 5.74) is 1.10. The lowest BCUT2D eigenvalue weighted by Gasteiger charge is -2.39. The van der Waals surface area contributed by atoms with Crippen molar-refractivity contribution in [2.75, 3.05) is 31.6 Å². The molecular formula is C13H21ClN4. The molecule has 18 heavy (non-hydrogen) atoms. The van der Waals surface area contributed by atoms with Crippen LogP contribution in [0.4, 0.5) is 5.82 Å². The van der Waals surface area contributed by atoms with Gasteiger partial charge in [0.1, 0.15) is 17.3 Å². The summed E-state index contributed by atoms with van der Waals surface area (Å²) in [6, 6.07) is 0.543. The van der Waals surface area contributed by atoms with E-state index >= 15 is 0 Å². The minimum absolute atomic E-state index is 0.543. The molecule has 2 rings (SSSR count). The quantitative estimate of drug-likeness (QED) is 0.787. The zero-order valence-electron chi connectivity index (χ0n) is 11.4. The Morgan fingerprint density at radius 1 is 1.39 bits per heavy atom. The fourth-order valence-electron chi connectivity index (χ4n) is 2.36. The largest absolute Gasteiger partial charge is 0.353 e. The first-order valence-electron chi connectivity index (χ1n) is 6.58. The zero-order chi connectivity index (χ0) is 13.1. The first-order valence-corrected chi connectivity index (χ1v) is 6.95. The fourth-order valence-corrected chi connectivity index (χ4v) is 2.58. The molecule has 1 saturated heterocycles. The van der Waals surface area contributed by atoms with Gasteiger partial charge in [0.2, 0.25) is 0 Å². The third-order valence-electron chi connectivity index (χ3n) is 3.63. The predicted molar refractivity (Wildman–Crippen MR) is 75.3 cm³/mol. The van der Waals surface area contributed by atoms with Crippen LogP contribution < -0.4 is 4.90 Å². The molecule has 4 nitrogen and oxygen atoms in total. The van der Waals surface area contributed by atoms with E-state index in [9.17, 15) is 0 Å². The van der Waals surface area contributed by atoms with Crippen LogP contribution in [-0.4, -0.2) is 47.6 Å². The number of piperazine rings is 1. The van der Waals surface area contributed by atoms with Gasteiger partial charge in [-0.15, -0.1) is 0 Å². The topological polar surface area (TPSA) is 32.3 Å². The van der Waals surface area contributed by atoms with E-state index < -0.39 is 0 Å². The van der Waals surface area contributed by atoms with Crippen molar-refractivity contribution in [2.24, 2.45) is 0 Å². The number of likely N-dealkylation sites (N-methyl/N-ethyl adjacent to an activating group) is 1. The maximum Gasteiger partial charge on any atom is 0.137 e. The van der Waals surface area contributed by atoms with Gasteiger partial charge in [0.25, 0.3) is 0 Å². The molecule has 5 heteroatoms. The summed E-state index contributed by atoms with van der Waals surface area (Å²) >= 11 is 6.20. The van der Waals surface area contributed by atoms with E-state index in [0.717, 1.165) is 43.9 Å². The average molecular weight is 269 g/mol. The van der Waals surface area contributed by atoms with Crippen molar-refractivity contribution in [1.82, 2.24) is 14.9 Å². The molecule has 1 fully saturated rings. The molecule has 1 unspecified atom stereocenters. The number of hydrogen-bond acceptors (Lipinski definition) is 4. The van der Waals surface area contributed by atoms with Gasteiger partial charge < -0.3 is 9.80 Å². The maximum absolute atomic E-state index is 6.20. The number of halogens is 1. The molecule has 1 aliphatic heterocycles. The molecule has 0 aliphatic carbocycles. The second-order valence-corrected chi connectivity index (χ2v) is 5.35. The van der Waals surface area contributed by atoms with Crippen molar-refractivity contribution in [2.45, 2.75) is 32.7 Å². The molecule has 2 heterocycles. The molecule has 0 saturated carbocycles. The first kappa shape index (κ1) is 13.6. The minimum Gasteiger partial charge on any atom is -0.353 e. The number of aromatic nitrogens is 2. The standard InChI is InChI=1S/C13H21ClN4/c1-4-5-11-12(14)15-9-16-13(11)18-7-6-17(3)10(2)8-18/h9-10H,4-8H2,1-3H3. The van der Waals surface area contributed by atoms with Gasteiger partial charge in [-0.25, -0.2) is 9.97 Å². The number of hydrogen-bond donors (Lipinski definition) is 0. The van der Waals surface area contributed by atoms with Crippen LogP contribution in [0.25, 0.3) is 0 Å². The van der Waals surface area contributed by atoms with Crippen molar-refractivity contribution in [3.8, 4) is 0 Å². The highest BCUT2D eigenvalue weighted by Crippen LogP contribution is 2.26. The molecule has 0 aromatic carbocycles. The van der Waals surface area contributed by atoms with E-state index in [0.29, 0.717) is 11.2 Å². The first-order chi connectivity index (χ1) is 8.63. The molecule has 1 atom stereocenters. The molecule has 100 valence electrons. The normalized spacial score (nSPS) is 21.3. The summed E-state index contributed by atoms with van der Waals surface area (Å²) in [6.07, 6.45) is 3.57. The molecule has 0 N–H and O–H groups in total. The Labute approximate surface area is 114 Å². The van der Waals surface area contributed by atoms with Crippen molar-refractivity contribution >= 4 is 17.4 Å². The van der Waals surface area contributed by atoms with Crippen LogP contribution in [-0.2, 0) is 6.42 Å². The molecule has 1 aromatic heterocycles. The van der Waals surface area contributed by atoms with Crippen molar-refractivity contribution < 1.29 is 0 Å². The van der Waals surface area contributed by atoms with E-state index in [-0.39, 0.29) is 0 Å². The van der Waals surface area contributed by atoms with E-state index in [1.54, 1.807) is 6.33 Å². The van der Waals surface area contributed by atoms with Gasteiger partial charge in [0, 0.05) is 31.2 Å². The Morgan fingerprint density at radius 2 is 2.17 bits per heavy atom. The lowest BCUT2D eigenvalue weighted by molar-refractivity contribution is 0.233. The summed E-state index contributed by atoms with van der Waals surface area (Å²) in [4.78, 5) is 13.3. The van der Waals surface area contributed by atoms with Gasteiger partial charge in [0.15, 0.2) is 0 Å². The predicted octanol–water partition coefficient (Wildman–Crippen LogP) is 2.22. The van der Waals surface area contributed by atoms with E-state index in [1.165, 1.54) is 0 Å². The zero-order valence-corrected chi connectivity index (χ0v) is 12.1. The van der Waals surface area contributed by atoms with Crippen LogP contribution in [0.1, 0.15) is 25.8 Å². The van der Waals surface area contributed by atoms with Crippen LogP contribution in [0.5, 0.6) is 0 Å². The van der Waals surface area contributed by atoms with Gasteiger partial charge in [-0.3, -0.25) is 0 Å². The van der Waals surface area contributed by atoms with Crippen LogP contribution in [0.3, 0.4) is 0 Å². The molecule has 1 aromatic rings. The number of rotatable bonds is 3. The Balaban J connectivity index is 2.25. The molecule has 1 aliphatic rings. The average Bonchev–Trinajstić information content (AvgIpc) is 2.35. The SMILES string of the molecule is CCCc1c(Cl)ncnc1N1CCN(C)C(C)C1. The molecule has 0 amide bonds. The Hall–Kier alpha value is -0.870. The highest BCUT2D eigenvalue weighted by molar-refractivity contribution is 6.30. The summed E-state index contributed by atoms with van der Waals surface area (Å²) in [5.74, 6) is 1.02. The van der Waals surface area contributed by atoms with Gasteiger partial charge >= 0.3 is 0 Å². The maximum atomic E-state index is 6.20. The van der Waals surface area contributed by atoms with E-state index in [4.69, 9.17) is 11.6 Å². The van der Waals surface area contributed by atoms with Crippen molar-refractivity contribution in [1.29, 1.82) is 0 Å². The van der Waals surface area contributed by atoms with Crippen LogP contribution in [0.2, 0.25) is 5.15 Å². The Kier molecular flexibility index (Phi) is 4.40. The summed E-state index contributed by atoms with van der Waals surface area (Å²) in [7, 11) is 2.17. The smallest absolute Gasteiger partial charge is 0.137 e. The third kappa shape index (κ3) is 2.75. The van der Waals surface area contributed by atoms with Crippen LogP contribution in [0.15, 0.2) is 6.33 Å². The highest BCUT2D eigenvalue weighted by atomic mass is 35.5. The lowest BCUT2D eigenvalue weighted by Crippen LogP contribution is -2.50. The molecule has 0 bridgehead atoms. The molecule has 0 radical (unpaired) electrons. The van der Waals surface area contributed by atoms with Crippen molar-refractivity contribution in [3.63, 3.8) is 0 Å². The minimum atomic E-state index is 0.543. The van der Waals surface area contributed by atoms with E-state index in [1.807, 2.05) is 0 Å². The van der Waals surface area contributed by atoms with Crippen LogP contribution in [0, 0.1) is 0 Å². The summed E-state index contributed by atoms with van der Waals surface area (Å²) in [6.45, 7) is 7.47. The highest BCUT2D eigenvalue weighted by Gasteiger charge is 2.24. The monoisotopic (exact) mass is 268 g/mol. The second kappa shape index (κ2) is 5.85. The Morgan fingerprint density at radius 3 is 2.83 bits per heavy atom. The number of nitrogens with zero attached hydrogens (tertiary/aromatic N) is 4. The second-order valence-electron chi connectivity index (χ2n) is 4.99. The Bertz CT molecular complexity index is 410. The van der Waals surface area contributed by atoms with E-state index in [2.05, 4.69) is 40.7 Å². The van der Waals surface area contributed by atoms with Crippen molar-refractivity contribution in [3.05, 3.63) is 17.0 Å². The van der Waals surface area contributed by atoms with Gasteiger partial charge in [-0.2, -0.15) is 0 Å².